The first-order chi connectivity index (χ1) is 11.9. The molecular formula is C16H15N3O5S. The van der Waals surface area contributed by atoms with Gasteiger partial charge < -0.3 is 15.8 Å². The Hall–Kier alpha value is -3.20. The molecule has 0 fully saturated rings. The van der Waals surface area contributed by atoms with Crippen LogP contribution in [-0.2, 0) is 9.53 Å². The largest absolute Gasteiger partial charge is 0.449 e. The number of imide groups is 1. The summed E-state index contributed by atoms with van der Waals surface area (Å²) in [7, 11) is 0. The highest BCUT2D eigenvalue weighted by molar-refractivity contribution is 7.12. The van der Waals surface area contributed by atoms with E-state index in [4.69, 9.17) is 10.5 Å². The van der Waals surface area contributed by atoms with Gasteiger partial charge in [-0.2, -0.15) is 0 Å². The SMILES string of the molecule is C[C@@H](OC(=O)c1cccc(NC(=O)c2cccs2)c1)C(=O)NC(N)=O. The van der Waals surface area contributed by atoms with Crippen molar-refractivity contribution in [2.24, 2.45) is 5.73 Å². The van der Waals surface area contributed by atoms with E-state index < -0.39 is 24.0 Å². The van der Waals surface area contributed by atoms with Crippen LogP contribution in [0, 0.1) is 0 Å². The Labute approximate surface area is 147 Å². The number of nitrogens with two attached hydrogens (primary N) is 1. The summed E-state index contributed by atoms with van der Waals surface area (Å²) in [5, 5.41) is 6.26. The number of hydrogen-bond donors (Lipinski definition) is 3. The lowest BCUT2D eigenvalue weighted by atomic mass is 10.2. The number of amides is 4. The molecule has 9 heteroatoms. The Morgan fingerprint density at radius 2 is 1.92 bits per heavy atom. The molecule has 0 spiro atoms. The van der Waals surface area contributed by atoms with Gasteiger partial charge in [-0.3, -0.25) is 14.9 Å². The Bertz CT molecular complexity index is 804. The van der Waals surface area contributed by atoms with Gasteiger partial charge in [-0.05, 0) is 36.6 Å². The topological polar surface area (TPSA) is 128 Å². The molecule has 2 aromatic rings. The first kappa shape index (κ1) is 18.1. The molecule has 0 saturated carbocycles. The number of hydrogen-bond acceptors (Lipinski definition) is 6. The Kier molecular flexibility index (Phi) is 5.85. The van der Waals surface area contributed by atoms with Gasteiger partial charge in [0.15, 0.2) is 6.10 Å². The fourth-order valence-corrected chi connectivity index (χ4v) is 2.45. The van der Waals surface area contributed by atoms with E-state index in [0.29, 0.717) is 10.6 Å². The van der Waals surface area contributed by atoms with Gasteiger partial charge in [0.25, 0.3) is 11.8 Å². The summed E-state index contributed by atoms with van der Waals surface area (Å²) in [6.45, 7) is 1.30. The number of esters is 1. The molecule has 1 heterocycles. The van der Waals surface area contributed by atoms with Crippen LogP contribution in [0.3, 0.4) is 0 Å². The van der Waals surface area contributed by atoms with Gasteiger partial charge in [-0.1, -0.05) is 12.1 Å². The summed E-state index contributed by atoms with van der Waals surface area (Å²) in [4.78, 5) is 46.8. The van der Waals surface area contributed by atoms with Crippen molar-refractivity contribution in [1.29, 1.82) is 0 Å². The monoisotopic (exact) mass is 361 g/mol. The molecule has 130 valence electrons. The molecule has 25 heavy (non-hydrogen) atoms. The third-order valence-corrected chi connectivity index (χ3v) is 3.87. The predicted molar refractivity (Wildman–Crippen MR) is 91.3 cm³/mol. The molecule has 4 amide bonds. The number of urea groups is 1. The molecule has 0 aliphatic carbocycles. The van der Waals surface area contributed by atoms with Crippen LogP contribution in [-0.4, -0.2) is 29.9 Å². The molecule has 2 rings (SSSR count). The van der Waals surface area contributed by atoms with Crippen molar-refractivity contribution in [3.05, 3.63) is 52.2 Å². The second-order valence-corrected chi connectivity index (χ2v) is 5.86. The third kappa shape index (κ3) is 5.15. The highest BCUT2D eigenvalue weighted by atomic mass is 32.1. The zero-order valence-corrected chi connectivity index (χ0v) is 14.0. The highest BCUT2D eigenvalue weighted by Gasteiger charge is 2.20. The van der Waals surface area contributed by atoms with E-state index in [1.165, 1.54) is 30.4 Å². The van der Waals surface area contributed by atoms with Crippen LogP contribution in [0.25, 0.3) is 0 Å². The zero-order chi connectivity index (χ0) is 18.4. The summed E-state index contributed by atoms with van der Waals surface area (Å²) < 4.78 is 4.96. The zero-order valence-electron chi connectivity index (χ0n) is 13.1. The average molecular weight is 361 g/mol. The van der Waals surface area contributed by atoms with Gasteiger partial charge in [-0.25, -0.2) is 9.59 Å². The Balaban J connectivity index is 2.02. The van der Waals surface area contributed by atoms with Crippen molar-refractivity contribution in [3.8, 4) is 0 Å². The molecule has 0 radical (unpaired) electrons. The van der Waals surface area contributed by atoms with Crippen molar-refractivity contribution >= 4 is 40.8 Å². The molecule has 1 aromatic carbocycles. The second kappa shape index (κ2) is 8.06. The third-order valence-electron chi connectivity index (χ3n) is 3.00. The highest BCUT2D eigenvalue weighted by Crippen LogP contribution is 2.16. The maximum Gasteiger partial charge on any atom is 0.338 e. The van der Waals surface area contributed by atoms with E-state index in [0.717, 1.165) is 0 Å². The lowest BCUT2D eigenvalue weighted by molar-refractivity contribution is -0.127. The maximum absolute atomic E-state index is 12.1. The van der Waals surface area contributed by atoms with Gasteiger partial charge in [0.2, 0.25) is 0 Å². The summed E-state index contributed by atoms with van der Waals surface area (Å²) in [5.74, 6) is -1.91. The van der Waals surface area contributed by atoms with E-state index in [1.54, 1.807) is 29.6 Å². The molecule has 8 nitrogen and oxygen atoms in total. The first-order valence-electron chi connectivity index (χ1n) is 7.13. The fourth-order valence-electron chi connectivity index (χ4n) is 1.83. The van der Waals surface area contributed by atoms with Crippen molar-refractivity contribution in [1.82, 2.24) is 5.32 Å². The first-order valence-corrected chi connectivity index (χ1v) is 8.01. The van der Waals surface area contributed by atoms with Gasteiger partial charge in [-0.15, -0.1) is 11.3 Å². The summed E-state index contributed by atoms with van der Waals surface area (Å²) in [6, 6.07) is 8.48. The number of ether oxygens (including phenoxy) is 1. The van der Waals surface area contributed by atoms with Crippen molar-refractivity contribution in [3.63, 3.8) is 0 Å². The average Bonchev–Trinajstić information content (AvgIpc) is 3.09. The van der Waals surface area contributed by atoms with Crippen LogP contribution >= 0.6 is 11.3 Å². The summed E-state index contributed by atoms with van der Waals surface area (Å²) in [6.07, 6.45) is -1.20. The molecule has 0 aliphatic heterocycles. The van der Waals surface area contributed by atoms with Gasteiger partial charge in [0, 0.05) is 5.69 Å². The predicted octanol–water partition coefficient (Wildman–Crippen LogP) is 1.74. The van der Waals surface area contributed by atoms with Crippen LogP contribution in [0.1, 0.15) is 27.0 Å². The van der Waals surface area contributed by atoms with E-state index in [1.807, 2.05) is 5.32 Å². The number of anilines is 1. The van der Waals surface area contributed by atoms with Gasteiger partial charge in [0.05, 0.1) is 10.4 Å². The number of benzene rings is 1. The molecule has 0 bridgehead atoms. The number of rotatable bonds is 5. The molecule has 0 saturated heterocycles. The normalized spacial score (nSPS) is 11.2. The summed E-state index contributed by atoms with van der Waals surface area (Å²) in [5.41, 5.74) is 5.37. The Morgan fingerprint density at radius 3 is 2.56 bits per heavy atom. The quantitative estimate of drug-likeness (QED) is 0.699. The lowest BCUT2D eigenvalue weighted by Crippen LogP contribution is -2.42. The Morgan fingerprint density at radius 1 is 1.16 bits per heavy atom. The van der Waals surface area contributed by atoms with E-state index in [2.05, 4.69) is 5.32 Å². The maximum atomic E-state index is 12.1. The number of carbonyl (C=O) groups excluding carboxylic acids is 4. The van der Waals surface area contributed by atoms with E-state index in [-0.39, 0.29) is 11.5 Å². The number of nitrogens with one attached hydrogen (secondary N) is 2. The van der Waals surface area contributed by atoms with Crippen molar-refractivity contribution in [2.75, 3.05) is 5.32 Å². The van der Waals surface area contributed by atoms with E-state index >= 15 is 0 Å². The minimum absolute atomic E-state index is 0.141. The number of thiophene rings is 1. The molecular weight excluding hydrogens is 346 g/mol. The minimum atomic E-state index is -1.20. The standard InChI is InChI=1S/C16H15N3O5S/c1-9(13(20)19-16(17)23)24-15(22)10-4-2-5-11(8-10)18-14(21)12-6-3-7-25-12/h2-9H,1H3,(H,18,21)(H3,17,19,20,23)/t9-/m1/s1. The lowest BCUT2D eigenvalue weighted by Gasteiger charge is -2.12. The van der Waals surface area contributed by atoms with Crippen LogP contribution in [0.5, 0.6) is 0 Å². The molecule has 1 aromatic heterocycles. The molecule has 0 aliphatic rings. The molecule has 1 atom stereocenters. The smallest absolute Gasteiger partial charge is 0.338 e. The van der Waals surface area contributed by atoms with Crippen LogP contribution in [0.4, 0.5) is 10.5 Å². The summed E-state index contributed by atoms with van der Waals surface area (Å²) >= 11 is 1.29. The van der Waals surface area contributed by atoms with Crippen LogP contribution in [0.15, 0.2) is 41.8 Å². The number of primary amides is 1. The number of carbonyl (C=O) groups is 4. The fraction of sp³-hybridized carbons (Fsp3) is 0.125. The van der Waals surface area contributed by atoms with Crippen molar-refractivity contribution < 1.29 is 23.9 Å². The van der Waals surface area contributed by atoms with Crippen LogP contribution in [0.2, 0.25) is 0 Å². The van der Waals surface area contributed by atoms with E-state index in [9.17, 15) is 19.2 Å². The minimum Gasteiger partial charge on any atom is -0.449 e. The van der Waals surface area contributed by atoms with Gasteiger partial charge >= 0.3 is 12.0 Å². The van der Waals surface area contributed by atoms with Crippen molar-refractivity contribution in [2.45, 2.75) is 13.0 Å². The molecule has 0 unspecified atom stereocenters. The second-order valence-electron chi connectivity index (χ2n) is 4.91. The van der Waals surface area contributed by atoms with Gasteiger partial charge in [0.1, 0.15) is 0 Å². The van der Waals surface area contributed by atoms with Crippen LogP contribution < -0.4 is 16.4 Å². The molecule has 4 N–H and O–H groups in total.